The first-order valence-corrected chi connectivity index (χ1v) is 10.1. The molecule has 0 unspecified atom stereocenters. The van der Waals surface area contributed by atoms with Crippen LogP contribution in [0.4, 0.5) is 11.4 Å². The lowest BCUT2D eigenvalue weighted by molar-refractivity contribution is -0.384. The molecule has 0 radical (unpaired) electrons. The maximum Gasteiger partial charge on any atom is 0.269 e. The maximum atomic E-state index is 12.3. The Morgan fingerprint density at radius 1 is 1.18 bits per heavy atom. The van der Waals surface area contributed by atoms with Gasteiger partial charge in [0.15, 0.2) is 0 Å². The van der Waals surface area contributed by atoms with Gasteiger partial charge in [0.2, 0.25) is 10.0 Å². The molecule has 0 aliphatic carbocycles. The minimum absolute atomic E-state index is 0.0531. The van der Waals surface area contributed by atoms with Gasteiger partial charge >= 0.3 is 0 Å². The lowest BCUT2D eigenvalue weighted by atomic mass is 10.1. The van der Waals surface area contributed by atoms with Gasteiger partial charge in [-0.2, -0.15) is 5.10 Å². The number of aryl methyl sites for hydroxylation is 1. The van der Waals surface area contributed by atoms with Gasteiger partial charge in [-0.05, 0) is 43.2 Å². The molecule has 1 N–H and O–H groups in total. The Kier molecular flexibility index (Phi) is 6.47. The van der Waals surface area contributed by atoms with Crippen LogP contribution in [0.25, 0.3) is 0 Å². The number of non-ortho nitro benzene ring substituents is 1. The first-order chi connectivity index (χ1) is 13.1. The van der Waals surface area contributed by atoms with Crippen molar-refractivity contribution in [2.45, 2.75) is 13.8 Å². The molecule has 0 heterocycles. The molecule has 0 aliphatic rings. The highest BCUT2D eigenvalue weighted by Crippen LogP contribution is 2.21. The van der Waals surface area contributed by atoms with Gasteiger partial charge in [0.1, 0.15) is 6.54 Å². The lowest BCUT2D eigenvalue weighted by Gasteiger charge is -2.23. The molecule has 0 spiro atoms. The predicted octanol–water partition coefficient (Wildman–Crippen LogP) is 2.21. The summed E-state index contributed by atoms with van der Waals surface area (Å²) in [4.78, 5) is 22.4. The van der Waals surface area contributed by atoms with Crippen LogP contribution in [0.3, 0.4) is 0 Å². The zero-order chi connectivity index (χ0) is 20.9. The third-order valence-corrected chi connectivity index (χ3v) is 5.04. The number of nitro benzene ring substituents is 1. The van der Waals surface area contributed by atoms with Crippen molar-refractivity contribution in [1.29, 1.82) is 0 Å². The van der Waals surface area contributed by atoms with Crippen LogP contribution >= 0.6 is 0 Å². The summed E-state index contributed by atoms with van der Waals surface area (Å²) in [7, 11) is -3.68. The summed E-state index contributed by atoms with van der Waals surface area (Å²) in [6, 6.07) is 12.5. The van der Waals surface area contributed by atoms with E-state index in [0.717, 1.165) is 10.6 Å². The molecule has 1 amide bonds. The normalized spacial score (nSPS) is 11.8. The van der Waals surface area contributed by atoms with Crippen molar-refractivity contribution in [1.82, 2.24) is 5.43 Å². The number of amides is 1. The molecule has 0 saturated carbocycles. The van der Waals surface area contributed by atoms with Gasteiger partial charge in [-0.25, -0.2) is 13.8 Å². The second-order valence-electron chi connectivity index (χ2n) is 6.09. The standard InChI is InChI=1S/C18H20N4O5S/c1-13-6-4-5-7-17(13)21(28(3,26)27)12-18(23)20-19-14(2)15-8-10-16(11-9-15)22(24)25/h4-11H,12H2,1-3H3,(H,20,23)/b19-14-. The van der Waals surface area contributed by atoms with Crippen LogP contribution in [-0.4, -0.2) is 37.8 Å². The maximum absolute atomic E-state index is 12.3. The molecule has 0 fully saturated rings. The number of nitrogens with one attached hydrogen (secondary N) is 1. The monoisotopic (exact) mass is 404 g/mol. The Hall–Kier alpha value is -3.27. The van der Waals surface area contributed by atoms with Gasteiger partial charge in [-0.3, -0.25) is 19.2 Å². The quantitative estimate of drug-likeness (QED) is 0.431. The van der Waals surface area contributed by atoms with Gasteiger partial charge in [-0.15, -0.1) is 0 Å². The average Bonchev–Trinajstić information content (AvgIpc) is 2.64. The molecule has 2 aromatic carbocycles. The lowest BCUT2D eigenvalue weighted by Crippen LogP contribution is -2.39. The molecule has 0 aromatic heterocycles. The fraction of sp³-hybridized carbons (Fsp3) is 0.222. The predicted molar refractivity (Wildman–Crippen MR) is 107 cm³/mol. The Labute approximate surface area is 162 Å². The summed E-state index contributed by atoms with van der Waals surface area (Å²) >= 11 is 0. The Morgan fingerprint density at radius 3 is 2.32 bits per heavy atom. The first-order valence-electron chi connectivity index (χ1n) is 8.21. The van der Waals surface area contributed by atoms with Crippen LogP contribution < -0.4 is 9.73 Å². The van der Waals surface area contributed by atoms with Crippen molar-refractivity contribution in [2.75, 3.05) is 17.1 Å². The zero-order valence-electron chi connectivity index (χ0n) is 15.6. The van der Waals surface area contributed by atoms with E-state index in [1.54, 1.807) is 38.1 Å². The van der Waals surface area contributed by atoms with Crippen molar-refractivity contribution in [3.05, 3.63) is 69.8 Å². The molecular formula is C18H20N4O5S. The van der Waals surface area contributed by atoms with Gasteiger partial charge in [-0.1, -0.05) is 18.2 Å². The smallest absolute Gasteiger partial charge is 0.269 e. The minimum Gasteiger partial charge on any atom is -0.271 e. The molecule has 9 nitrogen and oxygen atoms in total. The fourth-order valence-corrected chi connectivity index (χ4v) is 3.34. The van der Waals surface area contributed by atoms with Crippen LogP contribution in [0, 0.1) is 17.0 Å². The van der Waals surface area contributed by atoms with Crippen LogP contribution in [-0.2, 0) is 14.8 Å². The number of sulfonamides is 1. The molecule has 28 heavy (non-hydrogen) atoms. The number of hydrazone groups is 1. The second-order valence-corrected chi connectivity index (χ2v) is 8.00. The largest absolute Gasteiger partial charge is 0.271 e. The number of hydrogen-bond donors (Lipinski definition) is 1. The van der Waals surface area contributed by atoms with Gasteiger partial charge < -0.3 is 0 Å². The first kappa shape index (κ1) is 21.0. The number of carbonyl (C=O) groups excluding carboxylic acids is 1. The van der Waals surface area contributed by atoms with Crippen molar-refractivity contribution in [2.24, 2.45) is 5.10 Å². The topological polar surface area (TPSA) is 122 Å². The molecule has 0 aliphatic heterocycles. The highest BCUT2D eigenvalue weighted by atomic mass is 32.2. The number of carbonyl (C=O) groups is 1. The van der Waals surface area contributed by atoms with Crippen LogP contribution in [0.1, 0.15) is 18.1 Å². The van der Waals surface area contributed by atoms with E-state index in [0.29, 0.717) is 22.5 Å². The number of benzene rings is 2. The summed E-state index contributed by atoms with van der Waals surface area (Å²) < 4.78 is 25.3. The van der Waals surface area contributed by atoms with Crippen molar-refractivity contribution in [3.8, 4) is 0 Å². The van der Waals surface area contributed by atoms with Crippen LogP contribution in [0.2, 0.25) is 0 Å². The summed E-state index contributed by atoms with van der Waals surface area (Å²) in [6.07, 6.45) is 1.03. The number of hydrogen-bond acceptors (Lipinski definition) is 6. The summed E-state index contributed by atoms with van der Waals surface area (Å²) in [5.74, 6) is -0.616. The number of nitrogens with zero attached hydrogens (tertiary/aromatic N) is 3. The number of para-hydroxylation sites is 1. The van der Waals surface area contributed by atoms with E-state index in [2.05, 4.69) is 10.5 Å². The molecule has 0 bridgehead atoms. The molecular weight excluding hydrogens is 384 g/mol. The third-order valence-electron chi connectivity index (χ3n) is 3.92. The van der Waals surface area contributed by atoms with Gasteiger partial charge in [0, 0.05) is 12.1 Å². The minimum atomic E-state index is -3.68. The fourth-order valence-electron chi connectivity index (χ4n) is 2.43. The van der Waals surface area contributed by atoms with Crippen molar-refractivity contribution in [3.63, 3.8) is 0 Å². The number of anilines is 1. The van der Waals surface area contributed by atoms with E-state index >= 15 is 0 Å². The van der Waals surface area contributed by atoms with E-state index in [1.165, 1.54) is 24.3 Å². The number of rotatable bonds is 7. The Morgan fingerprint density at radius 2 is 1.79 bits per heavy atom. The van der Waals surface area contributed by atoms with E-state index in [9.17, 15) is 23.3 Å². The molecule has 0 saturated heterocycles. The summed E-state index contributed by atoms with van der Waals surface area (Å²) in [5.41, 5.74) is 4.40. The van der Waals surface area contributed by atoms with Gasteiger partial charge in [0.25, 0.3) is 11.6 Å². The highest BCUT2D eigenvalue weighted by Gasteiger charge is 2.22. The van der Waals surface area contributed by atoms with E-state index in [1.807, 2.05) is 0 Å². The molecule has 148 valence electrons. The highest BCUT2D eigenvalue weighted by molar-refractivity contribution is 7.92. The van der Waals surface area contributed by atoms with Crippen molar-refractivity contribution >= 4 is 33.0 Å². The second kappa shape index (κ2) is 8.61. The molecule has 2 rings (SSSR count). The molecule has 10 heteroatoms. The van der Waals surface area contributed by atoms with Crippen LogP contribution in [0.15, 0.2) is 53.6 Å². The molecule has 2 aromatic rings. The third kappa shape index (κ3) is 5.36. The summed E-state index contributed by atoms with van der Waals surface area (Å²) in [6.45, 7) is 2.94. The van der Waals surface area contributed by atoms with E-state index in [-0.39, 0.29) is 5.69 Å². The Balaban J connectivity index is 2.13. The SMILES string of the molecule is C/C(=N/NC(=O)CN(c1ccccc1C)S(C)(=O)=O)c1ccc([N+](=O)[O-])cc1. The summed E-state index contributed by atoms with van der Waals surface area (Å²) in [5, 5.41) is 14.6. The van der Waals surface area contributed by atoms with Crippen molar-refractivity contribution < 1.29 is 18.1 Å². The Bertz CT molecular complexity index is 1020. The average molecular weight is 404 g/mol. The van der Waals surface area contributed by atoms with E-state index in [4.69, 9.17) is 0 Å². The van der Waals surface area contributed by atoms with E-state index < -0.39 is 27.4 Å². The van der Waals surface area contributed by atoms with Gasteiger partial charge in [0.05, 0.1) is 22.6 Å². The molecule has 0 atom stereocenters. The number of nitro groups is 1. The zero-order valence-corrected chi connectivity index (χ0v) is 16.4. The van der Waals surface area contributed by atoms with Crippen LogP contribution in [0.5, 0.6) is 0 Å².